The number of ether oxygens (including phenoxy) is 3. The molecule has 0 aromatic heterocycles. The molecule has 2 aliphatic rings. The number of likely N-dealkylation sites (tertiary alicyclic amines) is 2. The molecular formula is C57H63F7N2O3. The Morgan fingerprint density at radius 1 is 0.478 bits per heavy atom. The number of alkyl halides is 6. The molecule has 69 heavy (non-hydrogen) atoms. The van der Waals surface area contributed by atoms with Gasteiger partial charge in [-0.25, -0.2) is 4.39 Å². The van der Waals surface area contributed by atoms with Crippen LogP contribution in [0, 0.1) is 5.82 Å². The van der Waals surface area contributed by atoms with Gasteiger partial charge in [0.25, 0.3) is 0 Å². The molecule has 6 aromatic carbocycles. The minimum atomic E-state index is -4.48. The predicted octanol–water partition coefficient (Wildman–Crippen LogP) is 14.3. The van der Waals surface area contributed by atoms with E-state index in [1.54, 1.807) is 43.5 Å². The van der Waals surface area contributed by atoms with Crippen molar-refractivity contribution in [3.8, 4) is 28.0 Å². The van der Waals surface area contributed by atoms with Gasteiger partial charge in [0.2, 0.25) is 0 Å². The van der Waals surface area contributed by atoms with Crippen LogP contribution in [-0.2, 0) is 45.9 Å². The van der Waals surface area contributed by atoms with Crippen LogP contribution in [0.25, 0.3) is 22.3 Å². The predicted molar refractivity (Wildman–Crippen MR) is 261 cm³/mol. The third-order valence-electron chi connectivity index (χ3n) is 13.2. The highest BCUT2D eigenvalue weighted by Crippen LogP contribution is 2.39. The van der Waals surface area contributed by atoms with Gasteiger partial charge in [0.05, 0.1) is 44.7 Å². The van der Waals surface area contributed by atoms with Gasteiger partial charge in [0, 0.05) is 10.8 Å². The average molecular weight is 957 g/mol. The van der Waals surface area contributed by atoms with Gasteiger partial charge in [-0.1, -0.05) is 98.8 Å². The molecule has 2 saturated heterocycles. The first-order valence-corrected chi connectivity index (χ1v) is 23.5. The van der Waals surface area contributed by atoms with E-state index in [9.17, 15) is 30.7 Å². The highest BCUT2D eigenvalue weighted by atomic mass is 19.4. The van der Waals surface area contributed by atoms with Crippen LogP contribution in [0.5, 0.6) is 5.75 Å². The van der Waals surface area contributed by atoms with E-state index in [1.165, 1.54) is 47.5 Å². The quantitative estimate of drug-likeness (QED) is 0.108. The Labute approximate surface area is 402 Å². The Hall–Kier alpha value is -5.53. The van der Waals surface area contributed by atoms with Crippen molar-refractivity contribution in [3.63, 3.8) is 0 Å². The molecule has 5 nitrogen and oxygen atoms in total. The summed E-state index contributed by atoms with van der Waals surface area (Å²) in [6.45, 7) is 8.91. The Morgan fingerprint density at radius 2 is 0.841 bits per heavy atom. The third kappa shape index (κ3) is 14.3. The second-order valence-corrected chi connectivity index (χ2v) is 18.0. The number of hydrogen-bond donors (Lipinski definition) is 0. The number of benzene rings is 6. The number of rotatable bonds is 13. The van der Waals surface area contributed by atoms with Crippen LogP contribution in [0.15, 0.2) is 146 Å². The zero-order valence-electron chi connectivity index (χ0n) is 40.1. The zero-order valence-corrected chi connectivity index (χ0v) is 40.1. The molecule has 2 aliphatic heterocycles. The lowest BCUT2D eigenvalue weighted by Gasteiger charge is -2.41. The van der Waals surface area contributed by atoms with Crippen LogP contribution >= 0.6 is 0 Å². The Morgan fingerprint density at radius 3 is 1.19 bits per heavy atom. The molecule has 0 radical (unpaired) electrons. The number of halogens is 7. The van der Waals surface area contributed by atoms with Crippen LogP contribution in [-0.4, -0.2) is 70.4 Å². The topological polar surface area (TPSA) is 34.2 Å². The Balaban J connectivity index is 0.000000219. The van der Waals surface area contributed by atoms with Gasteiger partial charge in [-0.3, -0.25) is 0 Å². The van der Waals surface area contributed by atoms with Crippen molar-refractivity contribution in [2.75, 3.05) is 60.6 Å². The highest BCUT2D eigenvalue weighted by Gasteiger charge is 2.38. The summed E-state index contributed by atoms with van der Waals surface area (Å²) in [6.07, 6.45) is -5.16. The molecule has 0 spiro atoms. The van der Waals surface area contributed by atoms with Gasteiger partial charge in [-0.15, -0.1) is 0 Å². The monoisotopic (exact) mass is 956 g/mol. The van der Waals surface area contributed by atoms with Crippen molar-refractivity contribution in [1.29, 1.82) is 0 Å². The highest BCUT2D eigenvalue weighted by molar-refractivity contribution is 5.67. The first-order chi connectivity index (χ1) is 33.0. The molecule has 2 heterocycles. The second kappa shape index (κ2) is 23.9. The zero-order chi connectivity index (χ0) is 49.7. The second-order valence-electron chi connectivity index (χ2n) is 18.0. The first kappa shape index (κ1) is 52.8. The molecular weight excluding hydrogens is 894 g/mol. The van der Waals surface area contributed by atoms with E-state index in [1.807, 2.05) is 50.2 Å². The fourth-order valence-electron chi connectivity index (χ4n) is 9.07. The first-order valence-electron chi connectivity index (χ1n) is 23.5. The van der Waals surface area contributed by atoms with Crippen molar-refractivity contribution in [1.82, 2.24) is 9.80 Å². The standard InChI is InChI=1S/C28H30F3NO2.C27H27F4NO.C2H6/c1-32-14-12-27(13-15-32,24-6-4-3-5-7-24)20-34-19-21-16-23(18-25(17-21)28(29,30)31)22-8-10-26(33-2)11-9-22;1-32-13-11-26(12-14-32,23-5-3-2-4-6-23)19-33-18-20-15-22(17-24(16-20)27(29,30)31)21-7-9-25(28)10-8-21;1-2/h3-11,16-18H,12-15,19-20H2,1-2H3;2-10,15-17H,11-14,18-19H2,1H3;1-2H3. The van der Waals surface area contributed by atoms with E-state index in [0.29, 0.717) is 52.3 Å². The fourth-order valence-corrected chi connectivity index (χ4v) is 9.07. The fraction of sp³-hybridized carbons (Fsp3) is 0.368. The molecule has 0 unspecified atom stereocenters. The summed E-state index contributed by atoms with van der Waals surface area (Å²) in [5, 5.41) is 0. The maximum absolute atomic E-state index is 13.6. The molecule has 0 bridgehead atoms. The van der Waals surface area contributed by atoms with Gasteiger partial charge >= 0.3 is 12.4 Å². The summed E-state index contributed by atoms with van der Waals surface area (Å²) >= 11 is 0. The number of piperidine rings is 2. The van der Waals surface area contributed by atoms with E-state index < -0.39 is 29.3 Å². The van der Waals surface area contributed by atoms with Crippen LogP contribution in [0.2, 0.25) is 0 Å². The summed E-state index contributed by atoms with van der Waals surface area (Å²) in [6, 6.07) is 41.1. The SMILES string of the molecule is CC.CN1CCC(COCc2cc(-c3ccc(F)cc3)cc(C(F)(F)F)c2)(c2ccccc2)CC1.COc1ccc(-c2cc(COCC3(c4ccccc4)CCN(C)CC3)cc(C(F)(F)F)c2)cc1. The van der Waals surface area contributed by atoms with E-state index in [0.717, 1.165) is 64.0 Å². The van der Waals surface area contributed by atoms with Crippen molar-refractivity contribution >= 4 is 0 Å². The molecule has 0 amide bonds. The smallest absolute Gasteiger partial charge is 0.416 e. The Bertz CT molecular complexity index is 2480. The lowest BCUT2D eigenvalue weighted by molar-refractivity contribution is -0.138. The van der Waals surface area contributed by atoms with Crippen LogP contribution < -0.4 is 4.74 Å². The summed E-state index contributed by atoms with van der Waals surface area (Å²) < 4.78 is 112. The van der Waals surface area contributed by atoms with Gasteiger partial charge in [0.15, 0.2) is 0 Å². The van der Waals surface area contributed by atoms with E-state index in [4.69, 9.17) is 14.2 Å². The van der Waals surface area contributed by atoms with Crippen LogP contribution in [0.3, 0.4) is 0 Å². The molecule has 0 saturated carbocycles. The average Bonchev–Trinajstić information content (AvgIpc) is 3.36. The number of hydrogen-bond acceptors (Lipinski definition) is 5. The molecule has 0 N–H and O–H groups in total. The van der Waals surface area contributed by atoms with Crippen molar-refractivity contribution in [3.05, 3.63) is 185 Å². The van der Waals surface area contributed by atoms with Gasteiger partial charge in [-0.2, -0.15) is 26.3 Å². The van der Waals surface area contributed by atoms with Gasteiger partial charge in [-0.05, 0) is 171 Å². The molecule has 12 heteroatoms. The summed E-state index contributed by atoms with van der Waals surface area (Å²) in [4.78, 5) is 4.58. The Kier molecular flexibility index (Phi) is 18.3. The molecule has 368 valence electrons. The van der Waals surface area contributed by atoms with Crippen LogP contribution in [0.1, 0.15) is 72.9 Å². The lowest BCUT2D eigenvalue weighted by atomic mass is 9.73. The third-order valence-corrected chi connectivity index (χ3v) is 13.2. The summed E-state index contributed by atoms with van der Waals surface area (Å²) in [5.74, 6) is 0.224. The van der Waals surface area contributed by atoms with E-state index >= 15 is 0 Å². The maximum Gasteiger partial charge on any atom is 0.416 e. The van der Waals surface area contributed by atoms with Crippen molar-refractivity contribution in [2.24, 2.45) is 0 Å². The molecule has 0 atom stereocenters. The molecule has 0 aliphatic carbocycles. The van der Waals surface area contributed by atoms with E-state index in [-0.39, 0.29) is 24.0 Å². The largest absolute Gasteiger partial charge is 0.497 e. The van der Waals surface area contributed by atoms with Crippen LogP contribution in [0.4, 0.5) is 30.7 Å². The minimum absolute atomic E-state index is 0.0720. The summed E-state index contributed by atoms with van der Waals surface area (Å²) in [5.41, 5.74) is 3.81. The molecule has 2 fully saturated rings. The molecule has 6 aromatic rings. The lowest BCUT2D eigenvalue weighted by Crippen LogP contribution is -2.43. The van der Waals surface area contributed by atoms with E-state index in [2.05, 4.69) is 48.2 Å². The van der Waals surface area contributed by atoms with Crippen molar-refractivity contribution < 1.29 is 44.9 Å². The maximum atomic E-state index is 13.6. The number of methoxy groups -OCH3 is 1. The normalized spacial score (nSPS) is 16.1. The van der Waals surface area contributed by atoms with Gasteiger partial charge in [0.1, 0.15) is 11.6 Å². The van der Waals surface area contributed by atoms with Gasteiger partial charge < -0.3 is 24.0 Å². The van der Waals surface area contributed by atoms with Crippen molar-refractivity contribution in [2.45, 2.75) is 75.9 Å². The minimum Gasteiger partial charge on any atom is -0.497 e. The molecule has 8 rings (SSSR count). The number of nitrogens with zero attached hydrogens (tertiary/aromatic N) is 2. The summed E-state index contributed by atoms with van der Waals surface area (Å²) in [7, 11) is 5.76.